The molecule has 2 unspecified atom stereocenters. The fraction of sp³-hybridized carbons (Fsp3) is 0.276. The van der Waals surface area contributed by atoms with E-state index < -0.39 is 17.9 Å². The van der Waals surface area contributed by atoms with Crippen LogP contribution in [0.25, 0.3) is 11.3 Å². The minimum atomic E-state index is -4.60. The van der Waals surface area contributed by atoms with Crippen LogP contribution >= 0.6 is 0 Å². The van der Waals surface area contributed by atoms with E-state index in [1.165, 1.54) is 0 Å². The zero-order valence-corrected chi connectivity index (χ0v) is 21.0. The molecule has 4 aromatic rings. The fourth-order valence-corrected chi connectivity index (χ4v) is 4.71. The van der Waals surface area contributed by atoms with Crippen molar-refractivity contribution in [2.45, 2.75) is 51.0 Å². The highest BCUT2D eigenvalue weighted by molar-refractivity contribution is 5.63. The van der Waals surface area contributed by atoms with E-state index in [4.69, 9.17) is 10.7 Å². The van der Waals surface area contributed by atoms with Gasteiger partial charge in [0.25, 0.3) is 0 Å². The van der Waals surface area contributed by atoms with Crippen molar-refractivity contribution in [3.8, 4) is 11.3 Å². The third-order valence-corrected chi connectivity index (χ3v) is 6.60. The van der Waals surface area contributed by atoms with E-state index >= 15 is 0 Å². The summed E-state index contributed by atoms with van der Waals surface area (Å²) in [6.07, 6.45) is -2.74. The zero-order chi connectivity index (χ0) is 26.7. The van der Waals surface area contributed by atoms with E-state index in [0.29, 0.717) is 31.6 Å². The van der Waals surface area contributed by atoms with Crippen LogP contribution in [-0.4, -0.2) is 21.0 Å². The van der Waals surface area contributed by atoms with Gasteiger partial charge in [-0.05, 0) is 55.0 Å². The van der Waals surface area contributed by atoms with E-state index in [9.17, 15) is 13.2 Å². The van der Waals surface area contributed by atoms with Crippen molar-refractivity contribution in [3.05, 3.63) is 101 Å². The Hall–Kier alpha value is -3.98. The van der Waals surface area contributed by atoms with Gasteiger partial charge in [-0.2, -0.15) is 13.2 Å². The summed E-state index contributed by atoms with van der Waals surface area (Å²) in [6, 6.07) is 22.0. The first-order valence-electron chi connectivity index (χ1n) is 12.6. The molecule has 4 N–H and O–H groups in total. The summed E-state index contributed by atoms with van der Waals surface area (Å²) in [6.45, 7) is 2.32. The number of nitrogens with zero attached hydrogens (tertiary/aromatic N) is 3. The number of nitrogens with one attached hydrogen (secondary N) is 2. The lowest BCUT2D eigenvalue weighted by Gasteiger charge is -2.27. The molecule has 0 aliphatic carbocycles. The highest BCUT2D eigenvalue weighted by Crippen LogP contribution is 2.35. The molecule has 9 heteroatoms. The van der Waals surface area contributed by atoms with Crippen LogP contribution in [-0.2, 0) is 25.6 Å². The Morgan fingerprint density at radius 2 is 1.76 bits per heavy atom. The van der Waals surface area contributed by atoms with Gasteiger partial charge in [-0.3, -0.25) is 0 Å². The molecule has 0 fully saturated rings. The second-order valence-corrected chi connectivity index (χ2v) is 9.58. The summed E-state index contributed by atoms with van der Waals surface area (Å²) in [5, 5.41) is 6.40. The molecule has 5 rings (SSSR count). The minimum absolute atomic E-state index is 0.0455. The van der Waals surface area contributed by atoms with Crippen LogP contribution in [0.5, 0.6) is 0 Å². The number of hydrogen-bond donors (Lipinski definition) is 3. The smallest absolute Gasteiger partial charge is 0.361 e. The molecule has 0 radical (unpaired) electrons. The molecule has 0 spiro atoms. The highest BCUT2D eigenvalue weighted by Gasteiger charge is 2.35. The maximum atomic E-state index is 13.8. The van der Waals surface area contributed by atoms with Crippen LogP contribution in [0.4, 0.5) is 24.9 Å². The number of nitrogens with two attached hydrogens (primary N) is 1. The van der Waals surface area contributed by atoms with Gasteiger partial charge in [-0.1, -0.05) is 60.7 Å². The number of aromatic nitrogens is 3. The van der Waals surface area contributed by atoms with Gasteiger partial charge < -0.3 is 16.4 Å². The Bertz CT molecular complexity index is 1410. The molecule has 3 heterocycles. The lowest BCUT2D eigenvalue weighted by Crippen LogP contribution is -2.25. The second kappa shape index (κ2) is 10.8. The predicted octanol–water partition coefficient (Wildman–Crippen LogP) is 6.16. The van der Waals surface area contributed by atoms with Gasteiger partial charge in [0, 0.05) is 18.2 Å². The van der Waals surface area contributed by atoms with Crippen LogP contribution in [0, 0.1) is 0 Å². The van der Waals surface area contributed by atoms with Gasteiger partial charge in [0.1, 0.15) is 11.5 Å². The molecule has 0 bridgehead atoms. The molecule has 196 valence electrons. The maximum Gasteiger partial charge on any atom is 0.433 e. The van der Waals surface area contributed by atoms with Crippen LogP contribution in [0.2, 0.25) is 0 Å². The Morgan fingerprint density at radius 3 is 2.53 bits per heavy atom. The molecule has 1 aliphatic rings. The van der Waals surface area contributed by atoms with Gasteiger partial charge in [-0.15, -0.1) is 0 Å². The third kappa shape index (κ3) is 5.94. The van der Waals surface area contributed by atoms with Crippen LogP contribution in [0.1, 0.15) is 47.5 Å². The number of pyridine rings is 1. The van der Waals surface area contributed by atoms with E-state index in [2.05, 4.69) is 20.6 Å². The minimum Gasteiger partial charge on any atom is -0.361 e. The molecule has 2 aromatic carbocycles. The zero-order valence-electron chi connectivity index (χ0n) is 21.0. The number of rotatable bonds is 7. The van der Waals surface area contributed by atoms with Crippen molar-refractivity contribution in [2.75, 3.05) is 10.6 Å². The number of benzene rings is 2. The van der Waals surface area contributed by atoms with E-state index in [1.54, 1.807) is 0 Å². The average Bonchev–Trinajstić information content (AvgIpc) is 2.92. The number of halogens is 3. The van der Waals surface area contributed by atoms with Crippen LogP contribution in [0.3, 0.4) is 0 Å². The summed E-state index contributed by atoms with van der Waals surface area (Å²) in [7, 11) is 0. The summed E-state index contributed by atoms with van der Waals surface area (Å²) in [5.41, 5.74) is 9.87. The van der Waals surface area contributed by atoms with Crippen molar-refractivity contribution < 1.29 is 13.2 Å². The number of fused-ring (bicyclic) bond motifs is 1. The summed E-state index contributed by atoms with van der Waals surface area (Å²) >= 11 is 0. The Morgan fingerprint density at radius 1 is 0.974 bits per heavy atom. The number of anilines is 2. The summed E-state index contributed by atoms with van der Waals surface area (Å²) in [5.74, 6) is 0.619. The van der Waals surface area contributed by atoms with Gasteiger partial charge in [0.15, 0.2) is 0 Å². The van der Waals surface area contributed by atoms with Crippen LogP contribution < -0.4 is 16.4 Å². The summed E-state index contributed by atoms with van der Waals surface area (Å²) in [4.78, 5) is 13.1. The standard InChI is InChI=1S/C29H29F3N6/c1-18(14-19-6-5-7-20(15-19)17-33)34-28-37-25(16-26(38-28)29(30,31)32)24-13-11-22-10-12-23(35-27(22)36-24)21-8-3-2-4-9-21/h2-10,12,15-16,18,24H,11,13-14,17,33H2,1H3,(H,35,36)(H,34,37,38). The predicted molar refractivity (Wildman–Crippen MR) is 143 cm³/mol. The maximum absolute atomic E-state index is 13.8. The van der Waals surface area contributed by atoms with Gasteiger partial charge in [0.05, 0.1) is 17.4 Å². The van der Waals surface area contributed by atoms with Crippen molar-refractivity contribution >= 4 is 11.8 Å². The average molecular weight is 519 g/mol. The first kappa shape index (κ1) is 25.7. The topological polar surface area (TPSA) is 88.8 Å². The molecule has 2 aromatic heterocycles. The SMILES string of the molecule is CC(Cc1cccc(CN)c1)Nc1nc(C2CCc3ccc(-c4ccccc4)nc3N2)cc(C(F)(F)F)n1. The first-order chi connectivity index (χ1) is 18.3. The number of hydrogen-bond acceptors (Lipinski definition) is 6. The fourth-order valence-electron chi connectivity index (χ4n) is 4.71. The molecule has 6 nitrogen and oxygen atoms in total. The van der Waals surface area contributed by atoms with Gasteiger partial charge in [-0.25, -0.2) is 15.0 Å². The first-order valence-corrected chi connectivity index (χ1v) is 12.6. The van der Waals surface area contributed by atoms with E-state index in [-0.39, 0.29) is 17.7 Å². The highest BCUT2D eigenvalue weighted by atomic mass is 19.4. The molecule has 2 atom stereocenters. The van der Waals surface area contributed by atoms with Crippen molar-refractivity contribution in [3.63, 3.8) is 0 Å². The van der Waals surface area contributed by atoms with E-state index in [1.807, 2.05) is 73.7 Å². The van der Waals surface area contributed by atoms with Crippen molar-refractivity contribution in [1.82, 2.24) is 15.0 Å². The molecular formula is C29H29F3N6. The Labute approximate surface area is 219 Å². The number of aryl methyl sites for hydroxylation is 1. The molecule has 1 aliphatic heterocycles. The molecule has 0 saturated heterocycles. The van der Waals surface area contributed by atoms with Crippen molar-refractivity contribution in [2.24, 2.45) is 5.73 Å². The third-order valence-electron chi connectivity index (χ3n) is 6.60. The molecule has 0 amide bonds. The molecular weight excluding hydrogens is 489 g/mol. The monoisotopic (exact) mass is 518 g/mol. The quantitative estimate of drug-likeness (QED) is 0.272. The largest absolute Gasteiger partial charge is 0.433 e. The Kier molecular flexibility index (Phi) is 7.28. The second-order valence-electron chi connectivity index (χ2n) is 9.58. The van der Waals surface area contributed by atoms with E-state index in [0.717, 1.165) is 34.0 Å². The lowest BCUT2D eigenvalue weighted by molar-refractivity contribution is -0.141. The normalized spacial score (nSPS) is 15.9. The van der Waals surface area contributed by atoms with Gasteiger partial charge in [0.2, 0.25) is 5.95 Å². The van der Waals surface area contributed by atoms with Gasteiger partial charge >= 0.3 is 6.18 Å². The lowest BCUT2D eigenvalue weighted by atomic mass is 9.97. The summed E-state index contributed by atoms with van der Waals surface area (Å²) < 4.78 is 41.4. The van der Waals surface area contributed by atoms with Crippen molar-refractivity contribution in [1.29, 1.82) is 0 Å². The van der Waals surface area contributed by atoms with Crippen LogP contribution in [0.15, 0.2) is 72.8 Å². The molecule has 38 heavy (non-hydrogen) atoms. The number of alkyl halides is 3. The molecule has 0 saturated carbocycles. The Balaban J connectivity index is 1.39.